The minimum atomic E-state index is -5.35. The van der Waals surface area contributed by atoms with Crippen molar-refractivity contribution in [2.75, 3.05) is 13.1 Å². The van der Waals surface area contributed by atoms with E-state index in [9.17, 15) is 35.5 Å². The summed E-state index contributed by atoms with van der Waals surface area (Å²) in [5.41, 5.74) is -6.70. The number of carbonyl (C=O) groups is 1. The first-order valence-electron chi connectivity index (χ1n) is 12.0. The fourth-order valence-electron chi connectivity index (χ4n) is 5.00. The number of hydrogen-bond donors (Lipinski definition) is 0. The van der Waals surface area contributed by atoms with E-state index < -0.39 is 63.6 Å². The van der Waals surface area contributed by atoms with Gasteiger partial charge in [-0.3, -0.25) is 0 Å². The number of rotatable bonds is 2. The molecule has 2 aromatic carbocycles. The van der Waals surface area contributed by atoms with Gasteiger partial charge >= 0.3 is 18.4 Å². The predicted molar refractivity (Wildman–Crippen MR) is 127 cm³/mol. The van der Waals surface area contributed by atoms with E-state index in [4.69, 9.17) is 25.9 Å². The number of alkyl halides is 6. The maximum absolute atomic E-state index is 14.8. The van der Waals surface area contributed by atoms with Crippen LogP contribution in [0.1, 0.15) is 55.0 Å². The lowest BCUT2D eigenvalue weighted by atomic mass is 9.83. The van der Waals surface area contributed by atoms with Crippen molar-refractivity contribution in [3.63, 3.8) is 0 Å². The molecule has 0 aliphatic carbocycles. The average molecular weight is 595 g/mol. The maximum Gasteiger partial charge on any atom is 0.435 e. The van der Waals surface area contributed by atoms with Crippen molar-refractivity contribution in [2.24, 2.45) is 5.16 Å². The van der Waals surface area contributed by atoms with Crippen LogP contribution in [0.4, 0.5) is 35.5 Å². The van der Waals surface area contributed by atoms with E-state index in [1.54, 1.807) is 26.8 Å². The Hall–Kier alpha value is -3.06. The van der Waals surface area contributed by atoms with Gasteiger partial charge in [-0.05, 0) is 55.7 Å². The molecule has 1 spiro atoms. The van der Waals surface area contributed by atoms with Crippen molar-refractivity contribution >= 4 is 23.4 Å². The van der Waals surface area contributed by atoms with Crippen LogP contribution in [-0.4, -0.2) is 41.6 Å². The molecular formula is C26H22ClF7N2O4. The summed E-state index contributed by atoms with van der Waals surface area (Å²) in [5, 5.41) is 2.39. The summed E-state index contributed by atoms with van der Waals surface area (Å²) >= 11 is 5.56. The zero-order valence-electron chi connectivity index (χ0n) is 21.3. The zero-order chi connectivity index (χ0) is 29.5. The Morgan fingerprint density at radius 1 is 1.05 bits per heavy atom. The van der Waals surface area contributed by atoms with Crippen LogP contribution in [0.3, 0.4) is 0 Å². The van der Waals surface area contributed by atoms with E-state index in [1.165, 1.54) is 17.0 Å². The Kier molecular flexibility index (Phi) is 6.38. The van der Waals surface area contributed by atoms with Crippen molar-refractivity contribution in [3.8, 4) is 0 Å². The van der Waals surface area contributed by atoms with Gasteiger partial charge < -0.3 is 19.2 Å². The first-order valence-corrected chi connectivity index (χ1v) is 12.4. The Morgan fingerprint density at radius 2 is 1.73 bits per heavy atom. The third-order valence-electron chi connectivity index (χ3n) is 6.95. The van der Waals surface area contributed by atoms with Crippen LogP contribution in [0, 0.1) is 5.82 Å². The maximum atomic E-state index is 14.8. The Labute approximate surface area is 228 Å². The van der Waals surface area contributed by atoms with Gasteiger partial charge in [0.15, 0.2) is 0 Å². The van der Waals surface area contributed by atoms with Gasteiger partial charge in [-0.1, -0.05) is 28.9 Å². The lowest BCUT2D eigenvalue weighted by Gasteiger charge is -2.47. The minimum Gasteiger partial charge on any atom is -0.444 e. The molecule has 0 radical (unpaired) electrons. The molecule has 1 saturated heterocycles. The second-order valence-electron chi connectivity index (χ2n) is 10.9. The van der Waals surface area contributed by atoms with E-state index >= 15 is 0 Å². The lowest BCUT2D eigenvalue weighted by molar-refractivity contribution is -0.276. The number of oxime groups is 1. The van der Waals surface area contributed by atoms with Crippen LogP contribution in [0.2, 0.25) is 5.02 Å². The first kappa shape index (κ1) is 28.5. The Balaban J connectivity index is 1.41. The van der Waals surface area contributed by atoms with Crippen LogP contribution >= 0.6 is 11.6 Å². The number of likely N-dealkylation sites (tertiary alicyclic amines) is 1. The third kappa shape index (κ3) is 4.66. The summed E-state index contributed by atoms with van der Waals surface area (Å²) in [6.07, 6.45) is -12.0. The standard InChI is InChI=1S/C26H22ClF7N2O4/c1-22(2,3)39-21(37)36-11-23(12-36)16-5-4-13(6-14(16)10-38-23)19-9-24(40-35-19,26(32,33)34)17-7-15(25(29,30)31)8-18(27)20(17)28/h4-8H,9-12H2,1-3H3. The molecule has 0 saturated carbocycles. The molecule has 216 valence electrons. The predicted octanol–water partition coefficient (Wildman–Crippen LogP) is 7.06. The van der Waals surface area contributed by atoms with E-state index in [0.717, 1.165) is 5.56 Å². The van der Waals surface area contributed by atoms with Crippen LogP contribution in [0.25, 0.3) is 0 Å². The summed E-state index contributed by atoms with van der Waals surface area (Å²) in [5.74, 6) is -1.69. The Morgan fingerprint density at radius 3 is 2.33 bits per heavy atom. The highest BCUT2D eigenvalue weighted by atomic mass is 35.5. The lowest BCUT2D eigenvalue weighted by Crippen LogP contribution is -2.61. The van der Waals surface area contributed by atoms with Gasteiger partial charge in [0.2, 0.25) is 0 Å². The highest BCUT2D eigenvalue weighted by molar-refractivity contribution is 6.30. The molecule has 1 atom stereocenters. The normalized spacial score (nSPS) is 22.1. The molecular weight excluding hydrogens is 573 g/mol. The van der Waals surface area contributed by atoms with Gasteiger partial charge in [0.1, 0.15) is 17.0 Å². The summed E-state index contributed by atoms with van der Waals surface area (Å²) in [7, 11) is 0. The fourth-order valence-corrected chi connectivity index (χ4v) is 5.22. The molecule has 3 heterocycles. The molecule has 3 aliphatic heterocycles. The van der Waals surface area contributed by atoms with Crippen LogP contribution in [0.5, 0.6) is 0 Å². The summed E-state index contributed by atoms with van der Waals surface area (Å²) < 4.78 is 109. The topological polar surface area (TPSA) is 60.4 Å². The average Bonchev–Trinajstić information content (AvgIpc) is 3.40. The molecule has 1 amide bonds. The van der Waals surface area contributed by atoms with E-state index in [2.05, 4.69) is 5.16 Å². The smallest absolute Gasteiger partial charge is 0.435 e. The monoisotopic (exact) mass is 594 g/mol. The van der Waals surface area contributed by atoms with Crippen molar-refractivity contribution in [1.82, 2.24) is 4.90 Å². The number of ether oxygens (including phenoxy) is 2. The number of benzene rings is 2. The molecule has 1 unspecified atom stereocenters. The van der Waals surface area contributed by atoms with Gasteiger partial charge in [-0.2, -0.15) is 26.3 Å². The van der Waals surface area contributed by atoms with Crippen LogP contribution in [0.15, 0.2) is 35.5 Å². The van der Waals surface area contributed by atoms with Gasteiger partial charge in [0, 0.05) is 5.56 Å². The second-order valence-corrected chi connectivity index (χ2v) is 11.3. The number of amides is 1. The molecule has 0 N–H and O–H groups in total. The number of halogens is 8. The highest BCUT2D eigenvalue weighted by Gasteiger charge is 2.64. The quantitative estimate of drug-likeness (QED) is 0.350. The summed E-state index contributed by atoms with van der Waals surface area (Å²) in [6.45, 7) is 5.74. The minimum absolute atomic E-state index is 0.0421. The van der Waals surface area contributed by atoms with Gasteiger partial charge in [-0.25, -0.2) is 9.18 Å². The number of carbonyl (C=O) groups excluding carboxylic acids is 1. The van der Waals surface area contributed by atoms with Gasteiger partial charge in [-0.15, -0.1) is 0 Å². The second kappa shape index (κ2) is 8.97. The van der Waals surface area contributed by atoms with E-state index in [1.807, 2.05) is 0 Å². The number of nitrogens with zero attached hydrogens (tertiary/aromatic N) is 2. The van der Waals surface area contributed by atoms with Crippen LogP contribution in [-0.2, 0) is 38.3 Å². The van der Waals surface area contributed by atoms with Crippen molar-refractivity contribution < 1.29 is 49.8 Å². The fraction of sp³-hybridized carbons (Fsp3) is 0.462. The molecule has 40 heavy (non-hydrogen) atoms. The highest BCUT2D eigenvalue weighted by Crippen LogP contribution is 2.52. The van der Waals surface area contributed by atoms with Crippen molar-refractivity contribution in [3.05, 3.63) is 69.0 Å². The number of hydrogen-bond acceptors (Lipinski definition) is 5. The molecule has 14 heteroatoms. The van der Waals surface area contributed by atoms with Crippen molar-refractivity contribution in [1.29, 1.82) is 0 Å². The van der Waals surface area contributed by atoms with E-state index in [0.29, 0.717) is 5.56 Å². The van der Waals surface area contributed by atoms with Crippen molar-refractivity contribution in [2.45, 2.75) is 63.0 Å². The largest absolute Gasteiger partial charge is 0.444 e. The summed E-state index contributed by atoms with van der Waals surface area (Å²) in [6, 6.07) is 4.88. The molecule has 3 aliphatic rings. The molecule has 0 aromatic heterocycles. The third-order valence-corrected chi connectivity index (χ3v) is 7.23. The van der Waals surface area contributed by atoms with E-state index in [-0.39, 0.29) is 43.1 Å². The molecule has 0 bridgehead atoms. The number of fused-ring (bicyclic) bond motifs is 2. The first-order chi connectivity index (χ1) is 18.4. The summed E-state index contributed by atoms with van der Waals surface area (Å²) in [4.78, 5) is 18.5. The Bertz CT molecular complexity index is 1410. The van der Waals surface area contributed by atoms with Gasteiger partial charge in [0.25, 0.3) is 5.60 Å². The molecule has 2 aromatic rings. The van der Waals surface area contributed by atoms with Crippen LogP contribution < -0.4 is 0 Å². The van der Waals surface area contributed by atoms with Gasteiger partial charge in [0.05, 0.1) is 42.4 Å². The molecule has 5 rings (SSSR count). The molecule has 1 fully saturated rings. The molecule has 6 nitrogen and oxygen atoms in total. The zero-order valence-corrected chi connectivity index (χ0v) is 22.0. The SMILES string of the molecule is CC(C)(C)OC(=O)N1CC2(C1)OCc1cc(C3=NOC(c4cc(C(F)(F)F)cc(Cl)c4F)(C(F)(F)F)C3)ccc12.